The molecule has 1 saturated heterocycles. The number of pyridine rings is 1. The summed E-state index contributed by atoms with van der Waals surface area (Å²) in [5.41, 5.74) is 2.58. The van der Waals surface area contributed by atoms with Crippen LogP contribution in [0.5, 0.6) is 0 Å². The Labute approximate surface area is 190 Å². The molecule has 28 heavy (non-hydrogen) atoms. The van der Waals surface area contributed by atoms with Crippen molar-refractivity contribution in [3.05, 3.63) is 59.9 Å². The molecule has 1 fully saturated rings. The number of aryl methyl sites for hydroxylation is 1. The van der Waals surface area contributed by atoms with Crippen LogP contribution in [-0.4, -0.2) is 47.8 Å². The second-order valence-corrected chi connectivity index (χ2v) is 8.11. The molecule has 0 radical (unpaired) electrons. The van der Waals surface area contributed by atoms with Gasteiger partial charge in [0, 0.05) is 49.2 Å². The first kappa shape index (κ1) is 23.0. The van der Waals surface area contributed by atoms with Crippen molar-refractivity contribution in [2.45, 2.75) is 31.6 Å². The molecule has 152 valence electrons. The van der Waals surface area contributed by atoms with Gasteiger partial charge in [-0.05, 0) is 61.9 Å². The Hall–Kier alpha value is -1.28. The Kier molecular flexibility index (Phi) is 10.1. The molecule has 1 N–H and O–H groups in total. The van der Waals surface area contributed by atoms with Gasteiger partial charge < -0.3 is 10.2 Å². The summed E-state index contributed by atoms with van der Waals surface area (Å²) in [6.45, 7) is 8.17. The molecule has 1 aromatic carbocycles. The molecular weight excluding hydrogens is 479 g/mol. The highest BCUT2D eigenvalue weighted by Crippen LogP contribution is 2.25. The van der Waals surface area contributed by atoms with E-state index >= 15 is 0 Å². The van der Waals surface area contributed by atoms with Crippen molar-refractivity contribution < 1.29 is 0 Å². The van der Waals surface area contributed by atoms with Gasteiger partial charge in [-0.1, -0.05) is 18.2 Å². The minimum absolute atomic E-state index is 0. The second-order valence-electron chi connectivity index (χ2n) is 7.01. The van der Waals surface area contributed by atoms with E-state index in [0.717, 1.165) is 44.5 Å². The normalized spacial score (nSPS) is 16.7. The first-order chi connectivity index (χ1) is 13.3. The van der Waals surface area contributed by atoms with Gasteiger partial charge >= 0.3 is 0 Å². The van der Waals surface area contributed by atoms with E-state index in [-0.39, 0.29) is 24.0 Å². The van der Waals surface area contributed by atoms with Crippen molar-refractivity contribution in [2.75, 3.05) is 31.9 Å². The van der Waals surface area contributed by atoms with Crippen molar-refractivity contribution in [1.82, 2.24) is 15.2 Å². The molecule has 2 aromatic rings. The minimum Gasteiger partial charge on any atom is -0.357 e. The SMILES string of the molecule is CCNC(=NCCc1ccncc1C)N1CCC(CSc2ccccc2)C1.I. The summed E-state index contributed by atoms with van der Waals surface area (Å²) in [6.07, 6.45) is 6.00. The molecule has 0 bridgehead atoms. The first-order valence-corrected chi connectivity index (χ1v) is 10.9. The highest BCUT2D eigenvalue weighted by Gasteiger charge is 2.24. The molecule has 1 unspecified atom stereocenters. The van der Waals surface area contributed by atoms with Crippen molar-refractivity contribution >= 4 is 41.7 Å². The number of hydrogen-bond acceptors (Lipinski definition) is 3. The van der Waals surface area contributed by atoms with E-state index in [2.05, 4.69) is 65.4 Å². The Balaban J connectivity index is 0.00000280. The van der Waals surface area contributed by atoms with Crippen LogP contribution >= 0.6 is 35.7 Å². The number of nitrogens with one attached hydrogen (secondary N) is 1. The zero-order chi connectivity index (χ0) is 18.9. The summed E-state index contributed by atoms with van der Waals surface area (Å²) in [6, 6.07) is 12.8. The van der Waals surface area contributed by atoms with Crippen LogP contribution in [0, 0.1) is 12.8 Å². The quantitative estimate of drug-likeness (QED) is 0.255. The number of aromatic nitrogens is 1. The highest BCUT2D eigenvalue weighted by atomic mass is 127. The standard InChI is InChI=1S/C22H30N4S.HI/c1-3-24-22(25-13-10-20-9-12-23-15-18(20)2)26-14-11-19(16-26)17-27-21-7-5-4-6-8-21;/h4-9,12,15,19H,3,10-11,13-14,16-17H2,1-2H3,(H,24,25);1H. The fourth-order valence-corrected chi connectivity index (χ4v) is 4.43. The summed E-state index contributed by atoms with van der Waals surface area (Å²) < 4.78 is 0. The van der Waals surface area contributed by atoms with Crippen LogP contribution in [0.1, 0.15) is 24.5 Å². The Morgan fingerprint density at radius 1 is 1.29 bits per heavy atom. The molecule has 0 spiro atoms. The van der Waals surface area contributed by atoms with E-state index in [4.69, 9.17) is 4.99 Å². The van der Waals surface area contributed by atoms with E-state index in [1.54, 1.807) is 0 Å². The number of nitrogens with zero attached hydrogens (tertiary/aromatic N) is 3. The lowest BCUT2D eigenvalue weighted by Crippen LogP contribution is -2.40. The monoisotopic (exact) mass is 510 g/mol. The molecule has 1 aliphatic heterocycles. The van der Waals surface area contributed by atoms with Crippen LogP contribution in [0.4, 0.5) is 0 Å². The fourth-order valence-electron chi connectivity index (χ4n) is 3.38. The van der Waals surface area contributed by atoms with Crippen molar-refractivity contribution in [2.24, 2.45) is 10.9 Å². The van der Waals surface area contributed by atoms with Gasteiger partial charge in [-0.2, -0.15) is 0 Å². The predicted molar refractivity (Wildman–Crippen MR) is 131 cm³/mol. The zero-order valence-corrected chi connectivity index (χ0v) is 20.0. The Bertz CT molecular complexity index is 738. The number of halogens is 1. The topological polar surface area (TPSA) is 40.5 Å². The van der Waals surface area contributed by atoms with Gasteiger partial charge in [-0.15, -0.1) is 35.7 Å². The van der Waals surface area contributed by atoms with Crippen molar-refractivity contribution in [3.63, 3.8) is 0 Å². The third-order valence-electron chi connectivity index (χ3n) is 4.93. The zero-order valence-electron chi connectivity index (χ0n) is 16.8. The molecule has 4 nitrogen and oxygen atoms in total. The highest BCUT2D eigenvalue weighted by molar-refractivity contribution is 14.0. The molecule has 3 rings (SSSR count). The number of hydrogen-bond donors (Lipinski definition) is 1. The molecule has 1 aromatic heterocycles. The lowest BCUT2D eigenvalue weighted by Gasteiger charge is -2.21. The Morgan fingerprint density at radius 2 is 2.11 bits per heavy atom. The number of guanidine groups is 1. The molecule has 0 saturated carbocycles. The van der Waals surface area contributed by atoms with Gasteiger partial charge in [-0.3, -0.25) is 9.98 Å². The summed E-state index contributed by atoms with van der Waals surface area (Å²) in [5, 5.41) is 3.48. The first-order valence-electron chi connectivity index (χ1n) is 9.87. The van der Waals surface area contributed by atoms with Crippen LogP contribution in [0.15, 0.2) is 58.7 Å². The van der Waals surface area contributed by atoms with Gasteiger partial charge in [0.1, 0.15) is 0 Å². The molecule has 1 atom stereocenters. The number of thioether (sulfide) groups is 1. The third-order valence-corrected chi connectivity index (χ3v) is 6.17. The summed E-state index contributed by atoms with van der Waals surface area (Å²) in [4.78, 5) is 12.9. The van der Waals surface area contributed by atoms with Crippen molar-refractivity contribution in [3.8, 4) is 0 Å². The predicted octanol–water partition coefficient (Wildman–Crippen LogP) is 4.63. The third kappa shape index (κ3) is 6.95. The maximum Gasteiger partial charge on any atom is 0.193 e. The van der Waals surface area contributed by atoms with E-state index in [9.17, 15) is 0 Å². The van der Waals surface area contributed by atoms with E-state index in [0.29, 0.717) is 0 Å². The summed E-state index contributed by atoms with van der Waals surface area (Å²) in [7, 11) is 0. The minimum atomic E-state index is 0. The number of benzene rings is 1. The lowest BCUT2D eigenvalue weighted by atomic mass is 10.1. The fraction of sp³-hybridized carbons (Fsp3) is 0.455. The van der Waals surface area contributed by atoms with E-state index in [1.807, 2.05) is 24.2 Å². The maximum atomic E-state index is 4.89. The van der Waals surface area contributed by atoms with E-state index in [1.165, 1.54) is 28.2 Å². The maximum absolute atomic E-state index is 4.89. The summed E-state index contributed by atoms with van der Waals surface area (Å²) >= 11 is 1.97. The molecule has 2 heterocycles. The second kappa shape index (κ2) is 12.3. The van der Waals surface area contributed by atoms with E-state index < -0.39 is 0 Å². The van der Waals surface area contributed by atoms with Gasteiger partial charge in [0.15, 0.2) is 5.96 Å². The molecule has 1 aliphatic rings. The van der Waals surface area contributed by atoms with Gasteiger partial charge in [0.05, 0.1) is 0 Å². The van der Waals surface area contributed by atoms with Crippen LogP contribution in [-0.2, 0) is 6.42 Å². The molecule has 0 aliphatic carbocycles. The van der Waals surface area contributed by atoms with Gasteiger partial charge in [0.2, 0.25) is 0 Å². The average Bonchev–Trinajstić information content (AvgIpc) is 3.17. The summed E-state index contributed by atoms with van der Waals surface area (Å²) in [5.74, 6) is 2.97. The number of likely N-dealkylation sites (tertiary alicyclic amines) is 1. The van der Waals surface area contributed by atoms with Crippen LogP contribution in [0.2, 0.25) is 0 Å². The van der Waals surface area contributed by atoms with Crippen LogP contribution < -0.4 is 5.32 Å². The lowest BCUT2D eigenvalue weighted by molar-refractivity contribution is 0.474. The molecule has 6 heteroatoms. The van der Waals surface area contributed by atoms with Crippen LogP contribution in [0.25, 0.3) is 0 Å². The largest absolute Gasteiger partial charge is 0.357 e. The van der Waals surface area contributed by atoms with Crippen LogP contribution in [0.3, 0.4) is 0 Å². The molecule has 0 amide bonds. The Morgan fingerprint density at radius 3 is 2.86 bits per heavy atom. The van der Waals surface area contributed by atoms with Gasteiger partial charge in [-0.25, -0.2) is 0 Å². The van der Waals surface area contributed by atoms with Gasteiger partial charge in [0.25, 0.3) is 0 Å². The molecular formula is C22H31IN4S. The van der Waals surface area contributed by atoms with Crippen molar-refractivity contribution in [1.29, 1.82) is 0 Å². The number of rotatable bonds is 7. The average molecular weight is 510 g/mol. The smallest absolute Gasteiger partial charge is 0.193 e. The number of aliphatic imine (C=N–C) groups is 1.